The van der Waals surface area contributed by atoms with Crippen LogP contribution in [-0.2, 0) is 14.8 Å². The van der Waals surface area contributed by atoms with Gasteiger partial charge in [0.05, 0.1) is 16.0 Å². The van der Waals surface area contributed by atoms with Crippen molar-refractivity contribution in [3.05, 3.63) is 70.1 Å². The summed E-state index contributed by atoms with van der Waals surface area (Å²) in [7, 11) is -3.96. The van der Waals surface area contributed by atoms with Gasteiger partial charge in [-0.3, -0.25) is 9.59 Å². The first-order chi connectivity index (χ1) is 15.5. The van der Waals surface area contributed by atoms with Gasteiger partial charge in [-0.05, 0) is 54.3 Å². The van der Waals surface area contributed by atoms with Gasteiger partial charge in [0, 0.05) is 24.1 Å². The summed E-state index contributed by atoms with van der Waals surface area (Å²) in [5, 5.41) is 15.0. The number of anilines is 1. The number of aromatic carboxylic acids is 1. The molecule has 0 aliphatic heterocycles. The van der Waals surface area contributed by atoms with Crippen LogP contribution in [0.2, 0.25) is 0 Å². The van der Waals surface area contributed by atoms with E-state index in [0.29, 0.717) is 12.5 Å². The zero-order chi connectivity index (χ0) is 25.0. The molecule has 2 rings (SSSR count). The van der Waals surface area contributed by atoms with Gasteiger partial charge in [0.15, 0.2) is 0 Å². The van der Waals surface area contributed by atoms with Crippen molar-refractivity contribution in [1.29, 1.82) is 0 Å². The fraction of sp³-hybridized carbons (Fsp3) is 0.286. The third-order valence-electron chi connectivity index (χ3n) is 3.97. The van der Waals surface area contributed by atoms with Crippen molar-refractivity contribution in [1.82, 2.24) is 4.72 Å². The molecule has 2 amide bonds. The molecule has 0 aliphatic carbocycles. The van der Waals surface area contributed by atoms with Crippen LogP contribution in [0.15, 0.2) is 58.5 Å². The van der Waals surface area contributed by atoms with Gasteiger partial charge in [0.25, 0.3) is 15.9 Å². The lowest BCUT2D eigenvalue weighted by Crippen LogP contribution is -2.28. The highest BCUT2D eigenvalue weighted by Gasteiger charge is 2.17. The zero-order valence-corrected chi connectivity index (χ0v) is 19.2. The summed E-state index contributed by atoms with van der Waals surface area (Å²) in [6.45, 7) is 5.92. The number of hydrogen-bond donors (Lipinski definition) is 3. The van der Waals surface area contributed by atoms with Gasteiger partial charge in [-0.15, -0.1) is 0 Å². The minimum absolute atomic E-state index is 0.0232. The summed E-state index contributed by atoms with van der Waals surface area (Å²) in [4.78, 5) is 36.7. The Morgan fingerprint density at radius 2 is 1.64 bits per heavy atom. The number of rotatable bonds is 8. The summed E-state index contributed by atoms with van der Waals surface area (Å²) < 4.78 is 25.5. The van der Waals surface area contributed by atoms with Crippen molar-refractivity contribution in [2.24, 2.45) is 11.0 Å². The Kier molecular flexibility index (Phi) is 10.6. The minimum atomic E-state index is -3.96. The molecule has 0 radical (unpaired) electrons. The van der Waals surface area contributed by atoms with Gasteiger partial charge >= 0.3 is 5.97 Å². The van der Waals surface area contributed by atoms with Crippen molar-refractivity contribution in [3.8, 4) is 0 Å². The minimum Gasteiger partial charge on any atom is -0.478 e. The van der Waals surface area contributed by atoms with E-state index >= 15 is 0 Å². The Labute approximate surface area is 191 Å². The van der Waals surface area contributed by atoms with Crippen LogP contribution in [-0.4, -0.2) is 37.9 Å². The van der Waals surface area contributed by atoms with E-state index in [0.717, 1.165) is 13.3 Å². The second-order valence-electron chi connectivity index (χ2n) is 7.13. The Morgan fingerprint density at radius 3 is 2.12 bits per heavy atom. The maximum absolute atomic E-state index is 12.2. The van der Waals surface area contributed by atoms with Gasteiger partial charge in [-0.25, -0.2) is 17.9 Å². The number of nitrogens with zero attached hydrogens (tertiary/aromatic N) is 3. The quantitative estimate of drug-likeness (QED) is 0.297. The molecule has 3 N–H and O–H groups in total. The molecule has 0 spiro atoms. The monoisotopic (exact) mass is 475 g/mol. The van der Waals surface area contributed by atoms with Crippen molar-refractivity contribution in [2.75, 3.05) is 11.9 Å². The maximum atomic E-state index is 12.2. The number of carboxylic acids is 1. The van der Waals surface area contributed by atoms with E-state index < -0.39 is 27.8 Å². The molecule has 0 saturated carbocycles. The van der Waals surface area contributed by atoms with Gasteiger partial charge in [-0.2, -0.15) is 0 Å². The van der Waals surface area contributed by atoms with Crippen molar-refractivity contribution in [2.45, 2.75) is 32.1 Å². The van der Waals surface area contributed by atoms with Crippen LogP contribution in [0, 0.1) is 5.92 Å². The number of carbonyl (C=O) groups is 3. The molecule has 0 aliphatic rings. The Morgan fingerprint density at radius 1 is 1.06 bits per heavy atom. The molecular formula is C21H25N5O6S. The number of carboxylic acid groups (broad SMARTS) is 1. The molecule has 12 heteroatoms. The molecule has 0 fully saturated rings. The van der Waals surface area contributed by atoms with E-state index in [1.165, 1.54) is 48.5 Å². The molecule has 0 atom stereocenters. The lowest BCUT2D eigenvalue weighted by molar-refractivity contribution is -0.117. The maximum Gasteiger partial charge on any atom is 0.336 e. The summed E-state index contributed by atoms with van der Waals surface area (Å²) in [6.07, 6.45) is 0.990. The molecule has 2 aromatic rings. The number of carbonyl (C=O) groups excluding carboxylic acids is 2. The molecule has 11 nitrogen and oxygen atoms in total. The highest BCUT2D eigenvalue weighted by atomic mass is 32.2. The van der Waals surface area contributed by atoms with Crippen LogP contribution in [0.5, 0.6) is 0 Å². The lowest BCUT2D eigenvalue weighted by Gasteiger charge is -2.09. The number of sulfonamides is 1. The van der Waals surface area contributed by atoms with Crippen LogP contribution in [0.1, 0.15) is 47.9 Å². The zero-order valence-electron chi connectivity index (χ0n) is 18.3. The second-order valence-corrected chi connectivity index (χ2v) is 8.81. The highest BCUT2D eigenvalue weighted by Crippen LogP contribution is 2.16. The van der Waals surface area contributed by atoms with Crippen LogP contribution in [0.3, 0.4) is 0 Å². The summed E-state index contributed by atoms with van der Waals surface area (Å²) in [5.74, 6) is -1.96. The summed E-state index contributed by atoms with van der Waals surface area (Å²) in [5.41, 5.74) is 7.94. The molecule has 0 unspecified atom stereocenters. The second kappa shape index (κ2) is 12.8. The van der Waals surface area contributed by atoms with Crippen molar-refractivity contribution >= 4 is 33.5 Å². The van der Waals surface area contributed by atoms with Gasteiger partial charge in [0.2, 0.25) is 5.91 Å². The average Bonchev–Trinajstić information content (AvgIpc) is 2.73. The Bertz CT molecular complexity index is 1140. The average molecular weight is 476 g/mol. The number of hydrogen-bond acceptors (Lipinski definition) is 6. The molecule has 0 bridgehead atoms. The van der Waals surface area contributed by atoms with Crippen molar-refractivity contribution in [3.63, 3.8) is 0 Å². The van der Waals surface area contributed by atoms with E-state index in [9.17, 15) is 22.8 Å². The van der Waals surface area contributed by atoms with E-state index in [2.05, 4.69) is 29.2 Å². The van der Waals surface area contributed by atoms with Crippen LogP contribution < -0.4 is 10.0 Å². The first-order valence-electron chi connectivity index (χ1n) is 9.76. The third kappa shape index (κ3) is 9.42. The molecule has 2 aromatic carbocycles. The molecule has 0 aromatic heterocycles. The van der Waals surface area contributed by atoms with E-state index in [4.69, 9.17) is 10.6 Å². The summed E-state index contributed by atoms with van der Waals surface area (Å²) in [6, 6.07) is 10.8. The Hall–Kier alpha value is -3.89. The van der Waals surface area contributed by atoms with Gasteiger partial charge in [0.1, 0.15) is 0 Å². The van der Waals surface area contributed by atoms with Crippen LogP contribution >= 0.6 is 0 Å². The van der Waals surface area contributed by atoms with Gasteiger partial charge in [-0.1, -0.05) is 31.1 Å². The third-order valence-corrected chi connectivity index (χ3v) is 5.42. The number of azide groups is 1. The fourth-order valence-electron chi connectivity index (χ4n) is 2.39. The smallest absolute Gasteiger partial charge is 0.336 e. The highest BCUT2D eigenvalue weighted by molar-refractivity contribution is 7.90. The molecule has 33 heavy (non-hydrogen) atoms. The van der Waals surface area contributed by atoms with Gasteiger partial charge < -0.3 is 10.4 Å². The number of amides is 2. The molecule has 0 heterocycles. The molecule has 0 saturated heterocycles. The van der Waals surface area contributed by atoms with E-state index in [1.54, 1.807) is 0 Å². The first kappa shape index (κ1) is 27.1. The predicted molar refractivity (Wildman–Crippen MR) is 122 cm³/mol. The van der Waals surface area contributed by atoms with Crippen LogP contribution in [0.4, 0.5) is 5.69 Å². The standard InChI is InChI=1S/C16H14N2O6S.C5H11N3/c1-10(19)18-25(23,24)12-8-6-11(7-9-12)17-15(20)13-4-2-3-5-14(13)16(21)22;1-5(2)3-4-7-8-6/h2-9H,1H3,(H,17,20)(H,18,19)(H,21,22);5H,3-4H2,1-2H3. The lowest BCUT2D eigenvalue weighted by atomic mass is 10.1. The SMILES string of the molecule is CC(=O)NS(=O)(=O)c1ccc(NC(=O)c2ccccc2C(=O)O)cc1.CC(C)CCN=[N+]=[N-]. The fourth-order valence-corrected chi connectivity index (χ4v) is 3.38. The number of nitrogens with one attached hydrogen (secondary N) is 2. The summed E-state index contributed by atoms with van der Waals surface area (Å²) >= 11 is 0. The topological polar surface area (TPSA) is 178 Å². The first-order valence-corrected chi connectivity index (χ1v) is 11.2. The Balaban J connectivity index is 0.000000582. The predicted octanol–water partition coefficient (Wildman–Crippen LogP) is 3.80. The van der Waals surface area contributed by atoms with Crippen molar-refractivity contribution < 1.29 is 27.9 Å². The normalized spacial score (nSPS) is 10.3. The van der Waals surface area contributed by atoms with E-state index in [-0.39, 0.29) is 21.7 Å². The van der Waals surface area contributed by atoms with Crippen LogP contribution in [0.25, 0.3) is 10.4 Å². The molecular weight excluding hydrogens is 450 g/mol. The van der Waals surface area contributed by atoms with E-state index in [1.807, 2.05) is 4.72 Å². The number of benzene rings is 2. The molecule has 176 valence electrons. The largest absolute Gasteiger partial charge is 0.478 e.